The van der Waals surface area contributed by atoms with Crippen LogP contribution in [0.25, 0.3) is 0 Å². The largest absolute Gasteiger partial charge is 0.450 e. The Hall–Kier alpha value is -0.170. The zero-order valence-electron chi connectivity index (χ0n) is 8.53. The predicted octanol–water partition coefficient (Wildman–Crippen LogP) is 4.24. The van der Waals surface area contributed by atoms with Gasteiger partial charge < -0.3 is 9.52 Å². The molecule has 0 radical (unpaired) electrons. The fraction of sp³-hybridized carbons (Fsp3) is 0.182. The van der Waals surface area contributed by atoms with Crippen molar-refractivity contribution in [3.8, 4) is 0 Å². The van der Waals surface area contributed by atoms with Gasteiger partial charge in [0, 0.05) is 23.3 Å². The van der Waals surface area contributed by atoms with Crippen molar-refractivity contribution >= 4 is 47.8 Å². The summed E-state index contributed by atoms with van der Waals surface area (Å²) < 4.78 is 7.63. The molecule has 0 bridgehead atoms. The molecule has 1 atom stereocenters. The summed E-state index contributed by atoms with van der Waals surface area (Å²) in [6, 6.07) is 3.67. The molecule has 0 aromatic carbocycles. The molecule has 0 saturated carbocycles. The Kier molecular flexibility index (Phi) is 4.41. The maximum absolute atomic E-state index is 10.0. The molecule has 2 aromatic heterocycles. The van der Waals surface area contributed by atoms with Crippen LogP contribution < -0.4 is 0 Å². The molecule has 3 nitrogen and oxygen atoms in total. The lowest BCUT2D eigenvalue weighted by atomic mass is 10.1. The van der Waals surface area contributed by atoms with Gasteiger partial charge in [-0.15, -0.1) is 0 Å². The van der Waals surface area contributed by atoms with Crippen molar-refractivity contribution in [1.29, 1.82) is 0 Å². The van der Waals surface area contributed by atoms with E-state index in [1.807, 2.05) is 6.07 Å². The minimum Gasteiger partial charge on any atom is -0.450 e. The molecule has 0 saturated heterocycles. The number of hydrogen-bond donors (Lipinski definition) is 1. The summed E-state index contributed by atoms with van der Waals surface area (Å²) in [6.45, 7) is 0. The second-order valence-corrected chi connectivity index (χ2v) is 5.99. The zero-order valence-corrected chi connectivity index (χ0v) is 13.3. The lowest BCUT2D eigenvalue weighted by Crippen LogP contribution is -2.00. The highest BCUT2D eigenvalue weighted by Crippen LogP contribution is 2.31. The SMILES string of the molecule is OC(Cc1cncc(Br)c1)c1cc(Br)c(Br)o1. The van der Waals surface area contributed by atoms with Gasteiger partial charge in [0.2, 0.25) is 0 Å². The van der Waals surface area contributed by atoms with Crippen LogP contribution in [-0.4, -0.2) is 10.1 Å². The highest BCUT2D eigenvalue weighted by Gasteiger charge is 2.15. The van der Waals surface area contributed by atoms with Gasteiger partial charge in [-0.25, -0.2) is 0 Å². The van der Waals surface area contributed by atoms with Gasteiger partial charge in [0.15, 0.2) is 4.67 Å². The van der Waals surface area contributed by atoms with Gasteiger partial charge in [-0.1, -0.05) is 0 Å². The third kappa shape index (κ3) is 3.40. The number of halogens is 3. The van der Waals surface area contributed by atoms with Gasteiger partial charge in [0.1, 0.15) is 11.9 Å². The molecule has 1 N–H and O–H groups in total. The predicted molar refractivity (Wildman–Crippen MR) is 74.7 cm³/mol. The van der Waals surface area contributed by atoms with Crippen molar-refractivity contribution in [2.24, 2.45) is 0 Å². The summed E-state index contributed by atoms with van der Waals surface area (Å²) in [5.74, 6) is 0.517. The molecule has 17 heavy (non-hydrogen) atoms. The topological polar surface area (TPSA) is 46.3 Å². The van der Waals surface area contributed by atoms with Gasteiger partial charge >= 0.3 is 0 Å². The van der Waals surface area contributed by atoms with E-state index in [0.29, 0.717) is 16.9 Å². The number of nitrogens with zero attached hydrogens (tertiary/aromatic N) is 1. The maximum atomic E-state index is 10.0. The van der Waals surface area contributed by atoms with Crippen molar-refractivity contribution in [2.45, 2.75) is 12.5 Å². The number of aliphatic hydroxyl groups is 1. The van der Waals surface area contributed by atoms with Crippen LogP contribution in [-0.2, 0) is 6.42 Å². The van der Waals surface area contributed by atoms with Crippen molar-refractivity contribution in [3.63, 3.8) is 0 Å². The van der Waals surface area contributed by atoms with E-state index in [0.717, 1.165) is 14.5 Å². The smallest absolute Gasteiger partial charge is 0.183 e. The van der Waals surface area contributed by atoms with Crippen molar-refractivity contribution in [1.82, 2.24) is 4.98 Å². The molecular formula is C11H8Br3NO2. The quantitative estimate of drug-likeness (QED) is 0.800. The van der Waals surface area contributed by atoms with E-state index in [1.54, 1.807) is 18.5 Å². The normalized spacial score (nSPS) is 12.7. The Labute approximate surface area is 124 Å². The molecule has 0 amide bonds. The van der Waals surface area contributed by atoms with E-state index in [1.165, 1.54) is 0 Å². The van der Waals surface area contributed by atoms with Gasteiger partial charge in [0.05, 0.1) is 4.47 Å². The summed E-state index contributed by atoms with van der Waals surface area (Å²) in [4.78, 5) is 4.05. The monoisotopic (exact) mass is 423 g/mol. The van der Waals surface area contributed by atoms with E-state index in [2.05, 4.69) is 52.8 Å². The van der Waals surface area contributed by atoms with Gasteiger partial charge in [0.25, 0.3) is 0 Å². The van der Waals surface area contributed by atoms with Crippen LogP contribution in [0.3, 0.4) is 0 Å². The molecule has 0 spiro atoms. The Balaban J connectivity index is 2.14. The Bertz CT molecular complexity index is 508. The Morgan fingerprint density at radius 3 is 2.59 bits per heavy atom. The minimum atomic E-state index is -0.686. The average molecular weight is 426 g/mol. The first-order chi connectivity index (χ1) is 8.06. The molecule has 0 aliphatic heterocycles. The number of rotatable bonds is 3. The summed E-state index contributed by atoms with van der Waals surface area (Å²) in [6.07, 6.45) is 3.20. The second-order valence-electron chi connectivity index (χ2n) is 3.50. The molecule has 0 aliphatic rings. The number of pyridine rings is 1. The molecule has 6 heteroatoms. The maximum Gasteiger partial charge on any atom is 0.183 e. The third-order valence-electron chi connectivity index (χ3n) is 2.18. The summed E-state index contributed by atoms with van der Waals surface area (Å²) in [5.41, 5.74) is 0.940. The van der Waals surface area contributed by atoms with Crippen LogP contribution in [0, 0.1) is 0 Å². The molecule has 1 unspecified atom stereocenters. The van der Waals surface area contributed by atoms with Crippen LogP contribution in [0.4, 0.5) is 0 Å². The lowest BCUT2D eigenvalue weighted by molar-refractivity contribution is 0.148. The van der Waals surface area contributed by atoms with Crippen LogP contribution in [0.1, 0.15) is 17.4 Å². The van der Waals surface area contributed by atoms with Crippen molar-refractivity contribution in [2.75, 3.05) is 0 Å². The van der Waals surface area contributed by atoms with Gasteiger partial charge in [-0.3, -0.25) is 4.98 Å². The van der Waals surface area contributed by atoms with Crippen LogP contribution in [0.5, 0.6) is 0 Å². The summed E-state index contributed by atoms with van der Waals surface area (Å²) in [5, 5.41) is 10.0. The Morgan fingerprint density at radius 2 is 2.00 bits per heavy atom. The molecule has 0 aliphatic carbocycles. The first-order valence-electron chi connectivity index (χ1n) is 4.78. The number of aromatic nitrogens is 1. The van der Waals surface area contributed by atoms with E-state index in [9.17, 15) is 5.11 Å². The van der Waals surface area contributed by atoms with Gasteiger partial charge in [-0.2, -0.15) is 0 Å². The second kappa shape index (κ2) is 5.65. The standard InChI is InChI=1S/C11H8Br3NO2/c12-7-1-6(4-15-5-7)2-9(16)10-3-8(13)11(14)17-10/h1,3-5,9,16H,2H2. The van der Waals surface area contributed by atoms with E-state index in [-0.39, 0.29) is 0 Å². The van der Waals surface area contributed by atoms with E-state index in [4.69, 9.17) is 4.42 Å². The lowest BCUT2D eigenvalue weighted by Gasteiger charge is -2.07. The molecular weight excluding hydrogens is 418 g/mol. The number of hydrogen-bond acceptors (Lipinski definition) is 3. The average Bonchev–Trinajstić information content (AvgIpc) is 2.59. The zero-order chi connectivity index (χ0) is 12.4. The molecule has 2 heterocycles. The molecule has 2 aromatic rings. The van der Waals surface area contributed by atoms with Crippen LogP contribution >= 0.6 is 47.8 Å². The molecule has 2 rings (SSSR count). The number of aliphatic hydroxyl groups excluding tert-OH is 1. The molecule has 0 fully saturated rings. The van der Waals surface area contributed by atoms with Crippen molar-refractivity contribution in [3.05, 3.63) is 49.5 Å². The highest BCUT2D eigenvalue weighted by atomic mass is 79.9. The third-order valence-corrected chi connectivity index (χ3v) is 4.33. The summed E-state index contributed by atoms with van der Waals surface area (Å²) in [7, 11) is 0. The fourth-order valence-electron chi connectivity index (χ4n) is 1.42. The van der Waals surface area contributed by atoms with Crippen LogP contribution in [0.2, 0.25) is 0 Å². The first-order valence-corrected chi connectivity index (χ1v) is 7.16. The highest BCUT2D eigenvalue weighted by molar-refractivity contribution is 9.13. The summed E-state index contributed by atoms with van der Waals surface area (Å²) >= 11 is 9.89. The fourth-order valence-corrected chi connectivity index (χ4v) is 2.44. The van der Waals surface area contributed by atoms with E-state index >= 15 is 0 Å². The Morgan fingerprint density at radius 1 is 1.24 bits per heavy atom. The van der Waals surface area contributed by atoms with Crippen molar-refractivity contribution < 1.29 is 9.52 Å². The van der Waals surface area contributed by atoms with Crippen LogP contribution in [0.15, 0.2) is 42.6 Å². The minimum absolute atomic E-state index is 0.457. The first kappa shape index (κ1) is 13.3. The van der Waals surface area contributed by atoms with Gasteiger partial charge in [-0.05, 0) is 65.5 Å². The molecule has 90 valence electrons. The number of furan rings is 1. The van der Waals surface area contributed by atoms with E-state index < -0.39 is 6.10 Å².